The third kappa shape index (κ3) is 4.79. The van der Waals surface area contributed by atoms with Crippen LogP contribution in [0, 0.1) is 0 Å². The molecule has 2 aromatic rings. The first-order valence-corrected chi connectivity index (χ1v) is 8.68. The molecular formula is C14H22N6O3S. The Bertz CT molecular complexity index is 678. The van der Waals surface area contributed by atoms with Crippen molar-refractivity contribution >= 4 is 34.5 Å². The number of hydrogen-bond acceptors (Lipinski definition) is 8. The fourth-order valence-electron chi connectivity index (χ4n) is 2.08. The zero-order valence-electron chi connectivity index (χ0n) is 14.0. The summed E-state index contributed by atoms with van der Waals surface area (Å²) in [6.45, 7) is 2.24. The van der Waals surface area contributed by atoms with Gasteiger partial charge in [0, 0.05) is 27.3 Å². The number of nitrogens with one attached hydrogen (secondary N) is 2. The van der Waals surface area contributed by atoms with Crippen LogP contribution in [-0.4, -0.2) is 72.4 Å². The van der Waals surface area contributed by atoms with Gasteiger partial charge in [-0.1, -0.05) is 11.8 Å². The number of carbonyl (C=O) groups excluding carboxylic acids is 1. The Morgan fingerprint density at radius 2 is 2.12 bits per heavy atom. The van der Waals surface area contributed by atoms with Gasteiger partial charge in [-0.3, -0.25) is 4.79 Å². The van der Waals surface area contributed by atoms with E-state index in [2.05, 4.69) is 25.7 Å². The normalized spacial score (nSPS) is 11.0. The van der Waals surface area contributed by atoms with Crippen LogP contribution in [0.4, 0.5) is 5.82 Å². The molecule has 2 N–H and O–H groups in total. The van der Waals surface area contributed by atoms with Gasteiger partial charge in [0.05, 0.1) is 24.7 Å². The molecule has 2 heterocycles. The molecule has 2 rings (SSSR count). The molecule has 2 aromatic heterocycles. The Labute approximate surface area is 144 Å². The zero-order valence-corrected chi connectivity index (χ0v) is 14.9. The molecule has 0 bridgehead atoms. The predicted octanol–water partition coefficient (Wildman–Crippen LogP) is 0.369. The average molecular weight is 354 g/mol. The van der Waals surface area contributed by atoms with Gasteiger partial charge in [-0.15, -0.1) is 0 Å². The van der Waals surface area contributed by atoms with Crippen molar-refractivity contribution in [1.29, 1.82) is 0 Å². The van der Waals surface area contributed by atoms with E-state index in [1.54, 1.807) is 18.0 Å². The van der Waals surface area contributed by atoms with Crippen LogP contribution in [0.1, 0.15) is 0 Å². The highest BCUT2D eigenvalue weighted by Gasteiger charge is 2.12. The SMILES string of the molecule is COCCNc1nc(SC)nc2c1cnn2CCNC(=O)COC. The molecule has 0 unspecified atom stereocenters. The molecule has 9 nitrogen and oxygen atoms in total. The Kier molecular flexibility index (Phi) is 7.22. The summed E-state index contributed by atoms with van der Waals surface area (Å²) >= 11 is 1.46. The predicted molar refractivity (Wildman–Crippen MR) is 92.4 cm³/mol. The van der Waals surface area contributed by atoms with Crippen LogP contribution in [0.3, 0.4) is 0 Å². The molecular weight excluding hydrogens is 332 g/mol. The summed E-state index contributed by atoms with van der Waals surface area (Å²) in [5.74, 6) is 0.575. The van der Waals surface area contributed by atoms with Gasteiger partial charge in [0.1, 0.15) is 12.4 Å². The highest BCUT2D eigenvalue weighted by atomic mass is 32.2. The van der Waals surface area contributed by atoms with Crippen LogP contribution in [-0.2, 0) is 20.8 Å². The lowest BCUT2D eigenvalue weighted by atomic mass is 10.4. The molecule has 132 valence electrons. The van der Waals surface area contributed by atoms with Gasteiger partial charge in [0.2, 0.25) is 5.91 Å². The van der Waals surface area contributed by atoms with E-state index in [0.29, 0.717) is 31.4 Å². The standard InChI is InChI=1S/C14H22N6O3S/c1-22-7-5-16-12-10-8-17-20(6-4-15-11(21)9-23-2)13(10)19-14(18-12)24-3/h8H,4-7,9H2,1-3H3,(H,15,21)(H,16,18,19). The Morgan fingerprint density at radius 3 is 2.83 bits per heavy atom. The number of thioether (sulfide) groups is 1. The molecule has 10 heteroatoms. The lowest BCUT2D eigenvalue weighted by molar-refractivity contribution is -0.124. The van der Waals surface area contributed by atoms with Gasteiger partial charge >= 0.3 is 0 Å². The molecule has 0 radical (unpaired) electrons. The molecule has 0 aromatic carbocycles. The number of aromatic nitrogens is 4. The molecule has 0 aliphatic carbocycles. The van der Waals surface area contributed by atoms with Crippen molar-refractivity contribution in [2.75, 3.05) is 52.1 Å². The van der Waals surface area contributed by atoms with Crippen LogP contribution >= 0.6 is 11.8 Å². The number of nitrogens with zero attached hydrogens (tertiary/aromatic N) is 4. The minimum atomic E-state index is -0.157. The number of amides is 1. The van der Waals surface area contributed by atoms with Crippen LogP contribution < -0.4 is 10.6 Å². The van der Waals surface area contributed by atoms with E-state index >= 15 is 0 Å². The topological polar surface area (TPSA) is 103 Å². The van der Waals surface area contributed by atoms with E-state index in [-0.39, 0.29) is 12.5 Å². The number of methoxy groups -OCH3 is 2. The van der Waals surface area contributed by atoms with Crippen LogP contribution in [0.2, 0.25) is 0 Å². The molecule has 0 aliphatic heterocycles. The monoisotopic (exact) mass is 354 g/mol. The van der Waals surface area contributed by atoms with E-state index in [1.807, 2.05) is 6.26 Å². The van der Waals surface area contributed by atoms with Gasteiger partial charge in [0.25, 0.3) is 0 Å². The van der Waals surface area contributed by atoms with Gasteiger partial charge in [-0.25, -0.2) is 14.6 Å². The smallest absolute Gasteiger partial charge is 0.246 e. The lowest BCUT2D eigenvalue weighted by Gasteiger charge is -2.09. The van der Waals surface area contributed by atoms with Gasteiger partial charge < -0.3 is 20.1 Å². The second-order valence-electron chi connectivity index (χ2n) is 4.87. The third-order valence-corrected chi connectivity index (χ3v) is 3.73. The van der Waals surface area contributed by atoms with Crippen molar-refractivity contribution in [3.63, 3.8) is 0 Å². The maximum absolute atomic E-state index is 11.4. The second-order valence-corrected chi connectivity index (χ2v) is 5.64. The maximum atomic E-state index is 11.4. The van der Waals surface area contributed by atoms with E-state index in [0.717, 1.165) is 16.9 Å². The third-order valence-electron chi connectivity index (χ3n) is 3.18. The van der Waals surface area contributed by atoms with Crippen LogP contribution in [0.25, 0.3) is 11.0 Å². The first-order chi connectivity index (χ1) is 11.7. The summed E-state index contributed by atoms with van der Waals surface area (Å²) in [5, 5.41) is 11.9. The summed E-state index contributed by atoms with van der Waals surface area (Å²) in [4.78, 5) is 20.4. The minimum Gasteiger partial charge on any atom is -0.383 e. The summed E-state index contributed by atoms with van der Waals surface area (Å²) in [6.07, 6.45) is 3.65. The van der Waals surface area contributed by atoms with Gasteiger partial charge in [0.15, 0.2) is 10.8 Å². The molecule has 0 aliphatic rings. The average Bonchev–Trinajstić information content (AvgIpc) is 2.98. The summed E-state index contributed by atoms with van der Waals surface area (Å²) in [5.41, 5.74) is 0.732. The van der Waals surface area contributed by atoms with Crippen LogP contribution in [0.15, 0.2) is 11.4 Å². The van der Waals surface area contributed by atoms with Gasteiger partial charge in [-0.2, -0.15) is 5.10 Å². The lowest BCUT2D eigenvalue weighted by Crippen LogP contribution is -2.30. The summed E-state index contributed by atoms with van der Waals surface area (Å²) in [7, 11) is 3.14. The Morgan fingerprint density at radius 1 is 1.29 bits per heavy atom. The van der Waals surface area contributed by atoms with Crippen LogP contribution in [0.5, 0.6) is 0 Å². The molecule has 0 atom stereocenters. The number of rotatable bonds is 10. The number of fused-ring (bicyclic) bond motifs is 1. The molecule has 0 spiro atoms. The maximum Gasteiger partial charge on any atom is 0.246 e. The van der Waals surface area contributed by atoms with Crippen molar-refractivity contribution in [3.05, 3.63) is 6.20 Å². The fraction of sp³-hybridized carbons (Fsp3) is 0.571. The number of anilines is 1. The van der Waals surface area contributed by atoms with E-state index in [9.17, 15) is 4.79 Å². The molecule has 24 heavy (non-hydrogen) atoms. The second kappa shape index (κ2) is 9.40. The molecule has 0 saturated heterocycles. The highest BCUT2D eigenvalue weighted by molar-refractivity contribution is 7.98. The number of hydrogen-bond donors (Lipinski definition) is 2. The molecule has 0 saturated carbocycles. The van der Waals surface area contributed by atoms with E-state index in [1.165, 1.54) is 18.9 Å². The van der Waals surface area contributed by atoms with Crippen molar-refractivity contribution in [1.82, 2.24) is 25.1 Å². The largest absolute Gasteiger partial charge is 0.383 e. The minimum absolute atomic E-state index is 0.0478. The van der Waals surface area contributed by atoms with Gasteiger partial charge in [-0.05, 0) is 6.26 Å². The number of carbonyl (C=O) groups is 1. The summed E-state index contributed by atoms with van der Waals surface area (Å²) < 4.78 is 11.6. The van der Waals surface area contributed by atoms with E-state index in [4.69, 9.17) is 9.47 Å². The van der Waals surface area contributed by atoms with E-state index < -0.39 is 0 Å². The van der Waals surface area contributed by atoms with Crippen molar-refractivity contribution in [2.45, 2.75) is 11.7 Å². The molecule has 1 amide bonds. The van der Waals surface area contributed by atoms with Crippen molar-refractivity contribution < 1.29 is 14.3 Å². The Hall–Kier alpha value is -1.91. The summed E-state index contributed by atoms with van der Waals surface area (Å²) in [6, 6.07) is 0. The Balaban J connectivity index is 2.13. The van der Waals surface area contributed by atoms with Crippen molar-refractivity contribution in [2.24, 2.45) is 0 Å². The van der Waals surface area contributed by atoms with Crippen molar-refractivity contribution in [3.8, 4) is 0 Å². The quantitative estimate of drug-likeness (QED) is 0.358. The highest BCUT2D eigenvalue weighted by Crippen LogP contribution is 2.23. The fourth-order valence-corrected chi connectivity index (χ4v) is 2.44. The first-order valence-electron chi connectivity index (χ1n) is 7.45. The molecule has 0 fully saturated rings. The number of ether oxygens (including phenoxy) is 2. The first kappa shape index (κ1) is 18.4. The zero-order chi connectivity index (χ0) is 17.4.